The Morgan fingerprint density at radius 2 is 1.78 bits per heavy atom. The van der Waals surface area contributed by atoms with Crippen molar-refractivity contribution in [2.24, 2.45) is 0 Å². The van der Waals surface area contributed by atoms with Gasteiger partial charge in [0.05, 0.1) is 7.11 Å². The van der Waals surface area contributed by atoms with Gasteiger partial charge in [-0.25, -0.2) is 4.79 Å². The SMILES string of the molecule is CCCCCCNC(=O)NCCc1cc(C(C)=O)cc2ccc(OC)cc12. The first kappa shape index (κ1) is 20.7. The zero-order chi connectivity index (χ0) is 19.6. The third-order valence-corrected chi connectivity index (χ3v) is 4.65. The summed E-state index contributed by atoms with van der Waals surface area (Å²) in [5, 5.41) is 7.83. The molecule has 146 valence electrons. The summed E-state index contributed by atoms with van der Waals surface area (Å²) in [6, 6.07) is 9.49. The van der Waals surface area contributed by atoms with Crippen LogP contribution in [0, 0.1) is 0 Å². The van der Waals surface area contributed by atoms with Gasteiger partial charge in [0.25, 0.3) is 0 Å². The second kappa shape index (κ2) is 10.6. The summed E-state index contributed by atoms with van der Waals surface area (Å²) in [7, 11) is 1.64. The Hall–Kier alpha value is -2.56. The molecule has 5 nitrogen and oxygen atoms in total. The van der Waals surface area contributed by atoms with E-state index in [-0.39, 0.29) is 11.8 Å². The molecular formula is C22H30N2O3. The smallest absolute Gasteiger partial charge is 0.314 e. The number of carbonyl (C=O) groups is 2. The van der Waals surface area contributed by atoms with E-state index in [1.807, 2.05) is 30.3 Å². The van der Waals surface area contributed by atoms with E-state index in [0.29, 0.717) is 25.1 Å². The molecule has 0 heterocycles. The lowest BCUT2D eigenvalue weighted by atomic mass is 9.97. The fourth-order valence-electron chi connectivity index (χ4n) is 3.08. The van der Waals surface area contributed by atoms with E-state index in [0.717, 1.165) is 34.9 Å². The number of amides is 2. The maximum Gasteiger partial charge on any atom is 0.314 e. The Bertz CT molecular complexity index is 786. The van der Waals surface area contributed by atoms with Crippen LogP contribution in [0.4, 0.5) is 4.79 Å². The number of hydrogen-bond acceptors (Lipinski definition) is 3. The number of methoxy groups -OCH3 is 1. The summed E-state index contributed by atoms with van der Waals surface area (Å²) in [4.78, 5) is 23.7. The zero-order valence-electron chi connectivity index (χ0n) is 16.6. The molecule has 0 aliphatic rings. The van der Waals surface area contributed by atoms with Gasteiger partial charge < -0.3 is 15.4 Å². The van der Waals surface area contributed by atoms with E-state index in [1.165, 1.54) is 12.8 Å². The number of rotatable bonds is 10. The molecule has 2 aromatic carbocycles. The van der Waals surface area contributed by atoms with Gasteiger partial charge in [-0.15, -0.1) is 0 Å². The molecular weight excluding hydrogens is 340 g/mol. The zero-order valence-corrected chi connectivity index (χ0v) is 16.6. The van der Waals surface area contributed by atoms with Gasteiger partial charge in [-0.1, -0.05) is 32.3 Å². The van der Waals surface area contributed by atoms with Crippen molar-refractivity contribution in [3.8, 4) is 5.75 Å². The first-order valence-corrected chi connectivity index (χ1v) is 9.68. The van der Waals surface area contributed by atoms with Crippen molar-refractivity contribution in [3.05, 3.63) is 41.5 Å². The Balaban J connectivity index is 2.00. The number of benzene rings is 2. The number of ether oxygens (including phenoxy) is 1. The summed E-state index contributed by atoms with van der Waals surface area (Å²) >= 11 is 0. The van der Waals surface area contributed by atoms with Gasteiger partial charge in [0.15, 0.2) is 5.78 Å². The summed E-state index contributed by atoms with van der Waals surface area (Å²) in [6.07, 6.45) is 5.18. The van der Waals surface area contributed by atoms with Crippen LogP contribution in [0.2, 0.25) is 0 Å². The van der Waals surface area contributed by atoms with Crippen molar-refractivity contribution in [1.82, 2.24) is 10.6 Å². The second-order valence-electron chi connectivity index (χ2n) is 6.77. The van der Waals surface area contributed by atoms with Crippen LogP contribution in [0.3, 0.4) is 0 Å². The van der Waals surface area contributed by atoms with Gasteiger partial charge in [0.2, 0.25) is 0 Å². The average molecular weight is 370 g/mol. The fourth-order valence-corrected chi connectivity index (χ4v) is 3.08. The van der Waals surface area contributed by atoms with E-state index in [9.17, 15) is 9.59 Å². The number of ketones is 1. The molecule has 2 N–H and O–H groups in total. The van der Waals surface area contributed by atoms with E-state index in [1.54, 1.807) is 14.0 Å². The molecule has 0 aromatic heterocycles. The first-order chi connectivity index (χ1) is 13.0. The summed E-state index contributed by atoms with van der Waals surface area (Å²) < 4.78 is 5.32. The van der Waals surface area contributed by atoms with Crippen LogP contribution in [-0.4, -0.2) is 32.0 Å². The molecule has 0 aliphatic heterocycles. The molecule has 0 radical (unpaired) electrons. The van der Waals surface area contributed by atoms with Crippen molar-refractivity contribution >= 4 is 22.6 Å². The highest BCUT2D eigenvalue weighted by Gasteiger charge is 2.09. The van der Waals surface area contributed by atoms with E-state index in [2.05, 4.69) is 17.6 Å². The lowest BCUT2D eigenvalue weighted by Gasteiger charge is -2.12. The molecule has 2 rings (SSSR count). The molecule has 27 heavy (non-hydrogen) atoms. The monoisotopic (exact) mass is 370 g/mol. The molecule has 0 saturated heterocycles. The Morgan fingerprint density at radius 1 is 1.00 bits per heavy atom. The molecule has 2 amide bonds. The number of urea groups is 1. The van der Waals surface area contributed by atoms with Crippen LogP contribution in [-0.2, 0) is 6.42 Å². The van der Waals surface area contributed by atoms with Crippen molar-refractivity contribution in [2.45, 2.75) is 46.0 Å². The summed E-state index contributed by atoms with van der Waals surface area (Å²) in [5.41, 5.74) is 1.71. The Labute approximate surface area is 161 Å². The number of hydrogen-bond donors (Lipinski definition) is 2. The minimum atomic E-state index is -0.142. The minimum absolute atomic E-state index is 0.0340. The molecule has 0 fully saturated rings. The lowest BCUT2D eigenvalue weighted by Crippen LogP contribution is -2.37. The number of Topliss-reactive ketones (excluding diaryl/α,β-unsaturated/α-hetero) is 1. The van der Waals surface area contributed by atoms with E-state index >= 15 is 0 Å². The quantitative estimate of drug-likeness (QED) is 0.479. The van der Waals surface area contributed by atoms with Gasteiger partial charge in [0.1, 0.15) is 5.75 Å². The minimum Gasteiger partial charge on any atom is -0.497 e. The lowest BCUT2D eigenvalue weighted by molar-refractivity contribution is 0.101. The van der Waals surface area contributed by atoms with Crippen LogP contribution in [0.15, 0.2) is 30.3 Å². The molecule has 0 bridgehead atoms. The molecule has 0 unspecified atom stereocenters. The van der Waals surface area contributed by atoms with Crippen LogP contribution >= 0.6 is 0 Å². The van der Waals surface area contributed by atoms with Crippen LogP contribution in [0.5, 0.6) is 5.75 Å². The predicted octanol–water partition coefficient (Wildman–Crippen LogP) is 4.47. The third kappa shape index (κ3) is 6.27. The number of nitrogens with one attached hydrogen (secondary N) is 2. The number of carbonyl (C=O) groups excluding carboxylic acids is 2. The second-order valence-corrected chi connectivity index (χ2v) is 6.77. The average Bonchev–Trinajstić information content (AvgIpc) is 2.67. The molecule has 0 atom stereocenters. The van der Waals surface area contributed by atoms with Gasteiger partial charge in [0, 0.05) is 18.7 Å². The van der Waals surface area contributed by atoms with Gasteiger partial charge in [-0.05, 0) is 60.4 Å². The highest BCUT2D eigenvalue weighted by molar-refractivity contribution is 6.00. The highest BCUT2D eigenvalue weighted by atomic mass is 16.5. The van der Waals surface area contributed by atoms with E-state index < -0.39 is 0 Å². The highest BCUT2D eigenvalue weighted by Crippen LogP contribution is 2.26. The van der Waals surface area contributed by atoms with Crippen LogP contribution in [0.1, 0.15) is 55.5 Å². The van der Waals surface area contributed by atoms with Crippen molar-refractivity contribution in [2.75, 3.05) is 20.2 Å². The van der Waals surface area contributed by atoms with Crippen LogP contribution in [0.25, 0.3) is 10.8 Å². The Morgan fingerprint density at radius 3 is 2.48 bits per heavy atom. The first-order valence-electron chi connectivity index (χ1n) is 9.68. The predicted molar refractivity (Wildman–Crippen MR) is 110 cm³/mol. The maximum atomic E-state index is 11.9. The third-order valence-electron chi connectivity index (χ3n) is 4.65. The molecule has 0 spiro atoms. The molecule has 5 heteroatoms. The van der Waals surface area contributed by atoms with Crippen molar-refractivity contribution in [1.29, 1.82) is 0 Å². The van der Waals surface area contributed by atoms with Crippen molar-refractivity contribution < 1.29 is 14.3 Å². The topological polar surface area (TPSA) is 67.4 Å². The largest absolute Gasteiger partial charge is 0.497 e. The van der Waals surface area contributed by atoms with Gasteiger partial charge in [-0.3, -0.25) is 4.79 Å². The summed E-state index contributed by atoms with van der Waals surface area (Å²) in [5.74, 6) is 0.809. The number of fused-ring (bicyclic) bond motifs is 1. The Kier molecular flexibility index (Phi) is 8.11. The number of unbranched alkanes of at least 4 members (excludes halogenated alkanes) is 3. The maximum absolute atomic E-state index is 11.9. The van der Waals surface area contributed by atoms with Crippen molar-refractivity contribution in [3.63, 3.8) is 0 Å². The van der Waals surface area contributed by atoms with Gasteiger partial charge >= 0.3 is 6.03 Å². The van der Waals surface area contributed by atoms with Gasteiger partial charge in [-0.2, -0.15) is 0 Å². The molecule has 0 saturated carbocycles. The molecule has 0 aliphatic carbocycles. The standard InChI is InChI=1S/C22H30N2O3/c1-4-5-6-7-11-23-22(26)24-12-10-18-14-19(16(2)25)13-17-8-9-20(27-3)15-21(17)18/h8-9,13-15H,4-7,10-12H2,1-3H3,(H2,23,24,26). The normalized spacial score (nSPS) is 10.6. The summed E-state index contributed by atoms with van der Waals surface area (Å²) in [6.45, 7) is 4.94. The van der Waals surface area contributed by atoms with E-state index in [4.69, 9.17) is 4.74 Å². The molecule has 2 aromatic rings. The van der Waals surface area contributed by atoms with Crippen LogP contribution < -0.4 is 15.4 Å². The fraction of sp³-hybridized carbons (Fsp3) is 0.455.